The summed E-state index contributed by atoms with van der Waals surface area (Å²) in [6.45, 7) is 0.460. The molecular weight excluding hydrogens is 273 g/mol. The first-order valence-corrected chi connectivity index (χ1v) is 7.31. The second-order valence-corrected chi connectivity index (χ2v) is 5.64. The van der Waals surface area contributed by atoms with E-state index < -0.39 is 5.82 Å². The number of fused-ring (bicyclic) bond motifs is 1. The van der Waals surface area contributed by atoms with Crippen LogP contribution < -0.4 is 4.74 Å². The molecule has 0 saturated heterocycles. The molecule has 0 N–H and O–H groups in total. The Balaban J connectivity index is 1.76. The van der Waals surface area contributed by atoms with Gasteiger partial charge in [0.15, 0.2) is 0 Å². The smallest absolute Gasteiger partial charge is 0.144 e. The third-order valence-corrected chi connectivity index (χ3v) is 4.58. The molecule has 2 nitrogen and oxygen atoms in total. The fraction of sp³-hybridized carbons (Fsp3) is 0.188. The highest BCUT2D eigenvalue weighted by Crippen LogP contribution is 2.39. The molecule has 0 aliphatic carbocycles. The molecule has 1 heterocycles. The van der Waals surface area contributed by atoms with E-state index in [1.807, 2.05) is 18.2 Å². The predicted molar refractivity (Wildman–Crippen MR) is 76.5 cm³/mol. The highest BCUT2D eigenvalue weighted by atomic mass is 32.2. The van der Waals surface area contributed by atoms with Gasteiger partial charge < -0.3 is 4.74 Å². The molecule has 1 aliphatic rings. The van der Waals surface area contributed by atoms with E-state index >= 15 is 0 Å². The van der Waals surface area contributed by atoms with Crippen molar-refractivity contribution >= 4 is 11.8 Å². The number of rotatable bonds is 3. The average Bonchev–Trinajstić information content (AvgIpc) is 2.88. The quantitative estimate of drug-likeness (QED) is 0.855. The molecule has 0 amide bonds. The van der Waals surface area contributed by atoms with E-state index in [4.69, 9.17) is 10.00 Å². The molecule has 1 atom stereocenters. The number of nitrogens with zero attached hydrogens (tertiary/aromatic N) is 1. The molecular formula is C16H12FNOS. The first-order valence-electron chi connectivity index (χ1n) is 6.32. The van der Waals surface area contributed by atoms with Gasteiger partial charge in [0.05, 0.1) is 6.61 Å². The maximum atomic E-state index is 13.5. The van der Waals surface area contributed by atoms with E-state index in [0.717, 1.165) is 5.75 Å². The summed E-state index contributed by atoms with van der Waals surface area (Å²) in [6, 6.07) is 14.6. The van der Waals surface area contributed by atoms with Crippen molar-refractivity contribution in [2.45, 2.75) is 10.8 Å². The summed E-state index contributed by atoms with van der Waals surface area (Å²) < 4.78 is 19.2. The Morgan fingerprint density at radius 1 is 1.25 bits per heavy atom. The summed E-state index contributed by atoms with van der Waals surface area (Å²) in [5, 5.41) is 8.97. The van der Waals surface area contributed by atoms with Crippen LogP contribution in [0.2, 0.25) is 0 Å². The number of hydrogen-bond donors (Lipinski definition) is 0. The lowest BCUT2D eigenvalue weighted by Crippen LogP contribution is -2.10. The maximum Gasteiger partial charge on any atom is 0.144 e. The van der Waals surface area contributed by atoms with Gasteiger partial charge in [0, 0.05) is 16.6 Å². The Bertz CT molecular complexity index is 680. The molecule has 20 heavy (non-hydrogen) atoms. The minimum Gasteiger partial charge on any atom is -0.491 e. The van der Waals surface area contributed by atoms with Gasteiger partial charge in [-0.2, -0.15) is 5.26 Å². The summed E-state index contributed by atoms with van der Waals surface area (Å²) in [5.41, 5.74) is 1.25. The zero-order valence-corrected chi connectivity index (χ0v) is 11.5. The van der Waals surface area contributed by atoms with Crippen molar-refractivity contribution in [2.75, 3.05) is 12.4 Å². The van der Waals surface area contributed by atoms with Gasteiger partial charge in [-0.1, -0.05) is 24.3 Å². The molecule has 0 fully saturated rings. The number of nitriles is 1. The van der Waals surface area contributed by atoms with Gasteiger partial charge in [-0.15, -0.1) is 11.8 Å². The minimum absolute atomic E-state index is 0.0218. The molecule has 100 valence electrons. The van der Waals surface area contributed by atoms with E-state index in [1.54, 1.807) is 23.9 Å². The first kappa shape index (κ1) is 13.0. The van der Waals surface area contributed by atoms with Gasteiger partial charge in [0.2, 0.25) is 0 Å². The Kier molecular flexibility index (Phi) is 3.62. The van der Waals surface area contributed by atoms with Crippen LogP contribution in [0.15, 0.2) is 47.4 Å². The van der Waals surface area contributed by atoms with Gasteiger partial charge in [-0.3, -0.25) is 0 Å². The highest BCUT2D eigenvalue weighted by molar-refractivity contribution is 7.99. The molecule has 2 aromatic rings. The Morgan fingerprint density at radius 3 is 2.95 bits per heavy atom. The third-order valence-electron chi connectivity index (χ3n) is 3.33. The monoisotopic (exact) mass is 285 g/mol. The van der Waals surface area contributed by atoms with E-state index in [0.29, 0.717) is 12.4 Å². The summed E-state index contributed by atoms with van der Waals surface area (Å²) >= 11 is 1.81. The number of hydrogen-bond acceptors (Lipinski definition) is 3. The summed E-state index contributed by atoms with van der Waals surface area (Å²) in [7, 11) is 0. The zero-order chi connectivity index (χ0) is 13.9. The van der Waals surface area contributed by atoms with Crippen LogP contribution in [0.1, 0.15) is 17.0 Å². The number of thioether (sulfide) groups is 1. The molecule has 3 rings (SSSR count). The van der Waals surface area contributed by atoms with Crippen LogP contribution in [0.5, 0.6) is 5.75 Å². The predicted octanol–water partition coefficient (Wildman–Crippen LogP) is 3.97. The topological polar surface area (TPSA) is 33.0 Å². The van der Waals surface area contributed by atoms with E-state index in [1.165, 1.54) is 16.5 Å². The molecule has 0 bridgehead atoms. The van der Waals surface area contributed by atoms with Gasteiger partial charge in [0.1, 0.15) is 23.2 Å². The largest absolute Gasteiger partial charge is 0.491 e. The zero-order valence-electron chi connectivity index (χ0n) is 10.7. The fourth-order valence-corrected chi connectivity index (χ4v) is 3.52. The van der Waals surface area contributed by atoms with Crippen molar-refractivity contribution in [3.05, 3.63) is 59.4 Å². The van der Waals surface area contributed by atoms with Crippen LogP contribution >= 0.6 is 11.8 Å². The SMILES string of the molecule is N#Cc1c(F)cccc1OCC1CSc2ccccc21. The van der Waals surface area contributed by atoms with Crippen LogP contribution in [0.4, 0.5) is 4.39 Å². The molecule has 2 aromatic carbocycles. The van der Waals surface area contributed by atoms with E-state index in [2.05, 4.69) is 12.1 Å². The van der Waals surface area contributed by atoms with Crippen molar-refractivity contribution in [3.8, 4) is 11.8 Å². The third kappa shape index (κ3) is 2.37. The van der Waals surface area contributed by atoms with Crippen LogP contribution in [-0.4, -0.2) is 12.4 Å². The van der Waals surface area contributed by atoms with Crippen LogP contribution in [-0.2, 0) is 0 Å². The number of benzene rings is 2. The van der Waals surface area contributed by atoms with Crippen molar-refractivity contribution < 1.29 is 9.13 Å². The molecule has 0 saturated carbocycles. The van der Waals surface area contributed by atoms with Gasteiger partial charge in [0.25, 0.3) is 0 Å². The highest BCUT2D eigenvalue weighted by Gasteiger charge is 2.23. The van der Waals surface area contributed by atoms with Crippen molar-refractivity contribution in [1.29, 1.82) is 5.26 Å². The lowest BCUT2D eigenvalue weighted by atomic mass is 10.0. The Hall–Kier alpha value is -1.99. The molecule has 0 radical (unpaired) electrons. The van der Waals surface area contributed by atoms with Gasteiger partial charge in [-0.25, -0.2) is 4.39 Å². The lowest BCUT2D eigenvalue weighted by Gasteiger charge is -2.13. The molecule has 1 unspecified atom stereocenters. The molecule has 0 spiro atoms. The van der Waals surface area contributed by atoms with Crippen LogP contribution in [0.25, 0.3) is 0 Å². The van der Waals surface area contributed by atoms with E-state index in [-0.39, 0.29) is 11.5 Å². The molecule has 1 aliphatic heterocycles. The normalized spacial score (nSPS) is 16.5. The summed E-state index contributed by atoms with van der Waals surface area (Å²) in [5.74, 6) is 1.02. The Labute approximate surface area is 121 Å². The van der Waals surface area contributed by atoms with Crippen molar-refractivity contribution in [2.24, 2.45) is 0 Å². The average molecular weight is 285 g/mol. The number of ether oxygens (including phenoxy) is 1. The first-order chi connectivity index (χ1) is 9.79. The molecule has 4 heteroatoms. The minimum atomic E-state index is -0.536. The van der Waals surface area contributed by atoms with Gasteiger partial charge >= 0.3 is 0 Å². The van der Waals surface area contributed by atoms with Gasteiger partial charge in [-0.05, 0) is 23.8 Å². The number of halogens is 1. The van der Waals surface area contributed by atoms with E-state index in [9.17, 15) is 4.39 Å². The van der Waals surface area contributed by atoms with Crippen LogP contribution in [0, 0.1) is 17.1 Å². The summed E-state index contributed by atoms with van der Waals surface area (Å²) in [4.78, 5) is 1.28. The molecule has 0 aromatic heterocycles. The van der Waals surface area contributed by atoms with Crippen LogP contribution in [0.3, 0.4) is 0 Å². The second-order valence-electron chi connectivity index (χ2n) is 4.58. The summed E-state index contributed by atoms with van der Waals surface area (Å²) in [6.07, 6.45) is 0. The fourth-order valence-electron chi connectivity index (χ4n) is 2.29. The second kappa shape index (κ2) is 5.56. The lowest BCUT2D eigenvalue weighted by molar-refractivity contribution is 0.295. The standard InChI is InChI=1S/C16H12FNOS/c17-14-5-3-6-15(13(14)8-18)19-9-11-10-20-16-7-2-1-4-12(11)16/h1-7,11H,9-10H2. The van der Waals surface area contributed by atoms with Crippen molar-refractivity contribution in [3.63, 3.8) is 0 Å². The van der Waals surface area contributed by atoms with Crippen molar-refractivity contribution in [1.82, 2.24) is 0 Å². The maximum absolute atomic E-state index is 13.5. The Morgan fingerprint density at radius 2 is 2.10 bits per heavy atom.